The molecule has 1 rings (SSSR count). The molecule has 1 fully saturated rings. The van der Waals surface area contributed by atoms with Crippen LogP contribution in [0.15, 0.2) is 0 Å². The van der Waals surface area contributed by atoms with Gasteiger partial charge >= 0.3 is 10.2 Å². The Labute approximate surface area is 125 Å². The zero-order valence-electron chi connectivity index (χ0n) is 10.9. The highest BCUT2D eigenvalue weighted by Gasteiger charge is 2.74. The van der Waals surface area contributed by atoms with Crippen LogP contribution in [0.5, 0.6) is 0 Å². The molecule has 1 saturated heterocycles. The third kappa shape index (κ3) is 3.97. The van der Waals surface area contributed by atoms with Crippen LogP contribution < -0.4 is 0 Å². The van der Waals surface area contributed by atoms with E-state index in [9.17, 15) is 34.4 Å². The highest BCUT2D eigenvalue weighted by molar-refractivity contribution is 7.94. The average molecular weight is 380 g/mol. The van der Waals surface area contributed by atoms with Crippen LogP contribution in [0.25, 0.3) is 0 Å². The maximum absolute atomic E-state index is 14.5. The Morgan fingerprint density at radius 1 is 1.23 bits per heavy atom. The van der Waals surface area contributed by atoms with E-state index >= 15 is 0 Å². The second-order valence-corrected chi connectivity index (χ2v) is 6.60. The molecule has 1 heterocycles. The number of hydrogen-bond acceptors (Lipinski definition) is 7. The largest absolute Gasteiger partial charge is 0.308 e. The van der Waals surface area contributed by atoms with Gasteiger partial charge in [0.25, 0.3) is 17.6 Å². The number of hydrogen-bond donors (Lipinski definition) is 0. The molecule has 1 aliphatic heterocycles. The zero-order chi connectivity index (χ0) is 17.4. The number of halogens is 6. The summed E-state index contributed by atoms with van der Waals surface area (Å²) < 4.78 is 113. The fourth-order valence-electron chi connectivity index (χ4n) is 1.58. The molecule has 0 radical (unpaired) electrons. The predicted molar refractivity (Wildman–Crippen MR) is 59.5 cm³/mol. The van der Waals surface area contributed by atoms with E-state index in [2.05, 4.69) is 18.9 Å². The molecule has 3 atom stereocenters. The highest BCUT2D eigenvalue weighted by Crippen LogP contribution is 2.53. The Hall–Kier alpha value is -0.280. The molecule has 0 spiro atoms. The van der Waals surface area contributed by atoms with E-state index in [1.165, 1.54) is 0 Å². The topological polar surface area (TPSA) is 71.1 Å². The van der Waals surface area contributed by atoms with Gasteiger partial charge in [0.15, 0.2) is 0 Å². The molecule has 0 saturated carbocycles. The van der Waals surface area contributed by atoms with Crippen LogP contribution in [0.2, 0.25) is 0 Å². The van der Waals surface area contributed by atoms with E-state index < -0.39 is 45.1 Å². The fourth-order valence-corrected chi connectivity index (χ4v) is 2.81. The van der Waals surface area contributed by atoms with Crippen molar-refractivity contribution in [2.45, 2.75) is 37.3 Å². The summed E-state index contributed by atoms with van der Waals surface area (Å²) in [7, 11) is -5.68. The minimum Gasteiger partial charge on any atom is -0.302 e. The summed E-state index contributed by atoms with van der Waals surface area (Å²) in [5, 5.41) is 2.57. The molecule has 1 aliphatic rings. The van der Waals surface area contributed by atoms with Crippen molar-refractivity contribution in [3.63, 3.8) is 0 Å². The van der Waals surface area contributed by atoms with E-state index in [-0.39, 0.29) is 19.0 Å². The van der Waals surface area contributed by atoms with E-state index in [4.69, 9.17) is 0 Å². The van der Waals surface area contributed by atoms with Gasteiger partial charge in [-0.3, -0.25) is 0 Å². The molecule has 132 valence electrons. The van der Waals surface area contributed by atoms with Gasteiger partial charge in [-0.1, -0.05) is 0 Å². The summed E-state index contributed by atoms with van der Waals surface area (Å²) in [6.45, 7) is 0.599. The molecule has 0 aromatic heterocycles. The summed E-state index contributed by atoms with van der Waals surface area (Å²) in [6.07, 6.45) is 0. The second kappa shape index (κ2) is 5.98. The summed E-state index contributed by atoms with van der Waals surface area (Å²) >= 11 is -0.290. The molecule has 0 aromatic rings. The van der Waals surface area contributed by atoms with Gasteiger partial charge in [-0.15, -0.1) is 8.22 Å². The van der Waals surface area contributed by atoms with Gasteiger partial charge in [0.05, 0.1) is 5.75 Å². The maximum Gasteiger partial charge on any atom is 0.308 e. The Kier molecular flexibility index (Phi) is 5.37. The van der Waals surface area contributed by atoms with Crippen molar-refractivity contribution in [3.05, 3.63) is 0 Å². The molecule has 14 heteroatoms. The summed E-state index contributed by atoms with van der Waals surface area (Å²) in [4.78, 5) is 0. The van der Waals surface area contributed by atoms with Gasteiger partial charge in [-0.25, -0.2) is 17.6 Å². The van der Waals surface area contributed by atoms with Gasteiger partial charge in [0.2, 0.25) is 5.79 Å². The van der Waals surface area contributed by atoms with Crippen molar-refractivity contribution in [2.24, 2.45) is 0 Å². The number of ether oxygens (including phenoxy) is 2. The van der Waals surface area contributed by atoms with Crippen molar-refractivity contribution in [2.75, 3.05) is 11.5 Å². The Bertz CT molecular complexity index is 514. The van der Waals surface area contributed by atoms with Crippen molar-refractivity contribution in [1.29, 1.82) is 0 Å². The third-order valence-electron chi connectivity index (χ3n) is 2.74. The molecule has 0 N–H and O–H groups in total. The predicted octanol–water partition coefficient (Wildman–Crippen LogP) is 2.52. The monoisotopic (exact) mass is 380 g/mol. The minimum atomic E-state index is -5.68. The van der Waals surface area contributed by atoms with Crippen molar-refractivity contribution < 1.29 is 53.3 Å². The van der Waals surface area contributed by atoms with Crippen LogP contribution in [-0.4, -0.2) is 43.3 Å². The van der Waals surface area contributed by atoms with Gasteiger partial charge < -0.3 is 9.47 Å². The molecule has 0 aliphatic carbocycles. The van der Waals surface area contributed by atoms with E-state index in [0.29, 0.717) is 6.92 Å². The Morgan fingerprint density at radius 2 is 1.73 bits per heavy atom. The molecule has 0 amide bonds. The molecule has 0 bridgehead atoms. The van der Waals surface area contributed by atoms with E-state index in [1.54, 1.807) is 0 Å². The lowest BCUT2D eigenvalue weighted by molar-refractivity contribution is -0.359. The second-order valence-electron chi connectivity index (χ2n) is 4.57. The summed E-state index contributed by atoms with van der Waals surface area (Å²) in [6, 6.07) is 0. The minimum absolute atomic E-state index is 0.178. The molecular weight excluding hydrogens is 370 g/mol. The van der Waals surface area contributed by atoms with Crippen molar-refractivity contribution in [1.82, 2.24) is 0 Å². The van der Waals surface area contributed by atoms with Gasteiger partial charge in [0, 0.05) is 19.0 Å². The lowest BCUT2D eigenvalue weighted by Crippen LogP contribution is -2.51. The first-order valence-electron chi connectivity index (χ1n) is 5.33. The van der Waals surface area contributed by atoms with Crippen LogP contribution >= 0.6 is 12.0 Å². The fraction of sp³-hybridized carbons (Fsp3) is 1.00. The normalized spacial score (nSPS) is 36.7. The Balaban J connectivity index is 3.18. The average Bonchev–Trinajstić information content (AvgIpc) is 2.43. The third-order valence-corrected chi connectivity index (χ3v) is 4.10. The molecule has 22 heavy (non-hydrogen) atoms. The smallest absolute Gasteiger partial charge is 0.302 e. The molecule has 6 nitrogen and oxygen atoms in total. The molecule has 3 unspecified atom stereocenters. The van der Waals surface area contributed by atoms with Crippen molar-refractivity contribution in [3.8, 4) is 0 Å². The van der Waals surface area contributed by atoms with Crippen LogP contribution in [0, 0.1) is 0 Å². The lowest BCUT2D eigenvalue weighted by atomic mass is 10.2. The van der Waals surface area contributed by atoms with Crippen LogP contribution in [0.4, 0.5) is 26.0 Å². The maximum atomic E-state index is 14.5. The van der Waals surface area contributed by atoms with E-state index in [1.807, 2.05) is 0 Å². The first-order valence-corrected chi connectivity index (χ1v) is 7.80. The van der Waals surface area contributed by atoms with Gasteiger partial charge in [0.1, 0.15) is 5.75 Å². The van der Waals surface area contributed by atoms with Gasteiger partial charge in [-0.2, -0.15) is 8.42 Å². The van der Waals surface area contributed by atoms with Crippen LogP contribution in [-0.2, 0) is 29.1 Å². The zero-order valence-corrected chi connectivity index (χ0v) is 12.6. The molecular formula is C8H10F6O6S2. The Morgan fingerprint density at radius 3 is 2.14 bits per heavy atom. The summed E-state index contributed by atoms with van der Waals surface area (Å²) in [5.74, 6) is -19.0. The van der Waals surface area contributed by atoms with Gasteiger partial charge in [-0.05, 0) is 16.5 Å². The van der Waals surface area contributed by atoms with Crippen LogP contribution in [0.3, 0.4) is 0 Å². The summed E-state index contributed by atoms with van der Waals surface area (Å²) in [5.41, 5.74) is 0. The highest BCUT2D eigenvalue weighted by atomic mass is 32.3. The van der Waals surface area contributed by atoms with Crippen molar-refractivity contribution >= 4 is 22.3 Å². The van der Waals surface area contributed by atoms with Crippen LogP contribution in [0.1, 0.15) is 13.8 Å². The number of alkyl halides is 4. The molecule has 0 aromatic carbocycles. The first-order chi connectivity index (χ1) is 9.68. The standard InChI is InChI=1S/C8H10F6O6S2/c1-5(9,10)6(2)17-7(11,3-21-20-19-13)8(12,18-6)4-22(14,15)16/h3-4H2,1-2H3. The van der Waals surface area contributed by atoms with E-state index in [0.717, 1.165) is 0 Å². The first kappa shape index (κ1) is 19.8. The number of rotatable bonds is 7. The lowest BCUT2D eigenvalue weighted by Gasteiger charge is -2.29. The SMILES string of the molecule is CC(F)(F)C1(C)OC(F)(CSOOF)C(F)(CS(=O)(=O)F)O1. The quantitative estimate of drug-likeness (QED) is 0.168.